The van der Waals surface area contributed by atoms with Gasteiger partial charge in [0.2, 0.25) is 0 Å². The number of methoxy groups -OCH3 is 1. The highest BCUT2D eigenvalue weighted by Gasteiger charge is 2.30. The zero-order chi connectivity index (χ0) is 26.9. The van der Waals surface area contributed by atoms with E-state index in [9.17, 15) is 9.65 Å². The van der Waals surface area contributed by atoms with E-state index in [2.05, 4.69) is 49.8 Å². The molecule has 3 aromatic heterocycles. The van der Waals surface area contributed by atoms with E-state index in [1.807, 2.05) is 12.3 Å². The van der Waals surface area contributed by atoms with Gasteiger partial charge in [0.25, 0.3) is 0 Å². The van der Waals surface area contributed by atoms with Crippen molar-refractivity contribution in [3.05, 3.63) is 48.2 Å². The molecule has 0 radical (unpaired) electrons. The quantitative estimate of drug-likeness (QED) is 0.473. The molecule has 3 aliphatic heterocycles. The standard InChI is InChI=1S/C28H35FN8O2/c1-20-16-36(26-5-3-21(13-30)37-28(26)25(29)15-32-37)19-24(39-20)17-33-9-11-34(12-10-33)22-4-6-27(31-14-22)35-8-7-23(18-35)38-2/h3-6,14-15,20,23-24H,7-12,16-19H2,1-2H3/t20-,23+,24+/m1/s1. The number of nitrogens with zero attached hydrogens (tertiary/aromatic N) is 8. The second kappa shape index (κ2) is 11.0. The monoisotopic (exact) mass is 534 g/mol. The van der Waals surface area contributed by atoms with Crippen molar-refractivity contribution in [2.24, 2.45) is 0 Å². The van der Waals surface area contributed by atoms with Gasteiger partial charge >= 0.3 is 0 Å². The third kappa shape index (κ3) is 5.24. The third-order valence-electron chi connectivity index (χ3n) is 8.11. The molecule has 3 aliphatic rings. The normalized spacial score (nSPS) is 24.5. The fourth-order valence-corrected chi connectivity index (χ4v) is 6.09. The number of hydrogen-bond donors (Lipinski definition) is 0. The van der Waals surface area contributed by atoms with Crippen LogP contribution in [0, 0.1) is 17.1 Å². The summed E-state index contributed by atoms with van der Waals surface area (Å²) in [7, 11) is 1.77. The molecule has 3 atom stereocenters. The van der Waals surface area contributed by atoms with E-state index in [-0.39, 0.29) is 12.2 Å². The Kier molecular flexibility index (Phi) is 7.25. The molecule has 206 valence electrons. The van der Waals surface area contributed by atoms with E-state index in [1.54, 1.807) is 13.2 Å². The second-order valence-corrected chi connectivity index (χ2v) is 10.7. The Bertz CT molecular complexity index is 1330. The Labute approximate surface area is 228 Å². The Morgan fingerprint density at radius 2 is 1.87 bits per heavy atom. The lowest BCUT2D eigenvalue weighted by molar-refractivity contribution is -0.0327. The second-order valence-electron chi connectivity index (χ2n) is 10.7. The minimum absolute atomic E-state index is 0.000635. The van der Waals surface area contributed by atoms with Gasteiger partial charge < -0.3 is 24.2 Å². The molecule has 0 N–H and O–H groups in total. The molecule has 6 rings (SSSR count). The lowest BCUT2D eigenvalue weighted by Gasteiger charge is -2.42. The molecule has 0 amide bonds. The van der Waals surface area contributed by atoms with Crippen LogP contribution in [0.15, 0.2) is 36.7 Å². The summed E-state index contributed by atoms with van der Waals surface area (Å²) in [5, 5.41) is 13.5. The van der Waals surface area contributed by atoms with Gasteiger partial charge in [0, 0.05) is 66.0 Å². The van der Waals surface area contributed by atoms with E-state index >= 15 is 0 Å². The highest BCUT2D eigenvalue weighted by Crippen LogP contribution is 2.29. The number of halogens is 1. The summed E-state index contributed by atoms with van der Waals surface area (Å²) >= 11 is 0. The van der Waals surface area contributed by atoms with Crippen LogP contribution in [0.2, 0.25) is 0 Å². The molecule has 0 saturated carbocycles. The number of anilines is 3. The SMILES string of the molecule is CO[C@H]1CCN(c2ccc(N3CCN(C[C@H]4CN(c5ccc(C#N)n6ncc(F)c56)C[C@@H](C)O4)CC3)cn2)C1. The molecule has 3 fully saturated rings. The number of hydrogen-bond acceptors (Lipinski definition) is 9. The Morgan fingerprint density at radius 1 is 1.03 bits per heavy atom. The molecule has 39 heavy (non-hydrogen) atoms. The van der Waals surface area contributed by atoms with E-state index in [1.165, 1.54) is 10.7 Å². The van der Waals surface area contributed by atoms with Gasteiger partial charge in [0.1, 0.15) is 23.1 Å². The van der Waals surface area contributed by atoms with Gasteiger partial charge in [-0.05, 0) is 37.6 Å². The summed E-state index contributed by atoms with van der Waals surface area (Å²) in [6.45, 7) is 9.80. The molecule has 0 unspecified atom stereocenters. The predicted octanol–water partition coefficient (Wildman–Crippen LogP) is 2.38. The summed E-state index contributed by atoms with van der Waals surface area (Å²) in [6, 6.07) is 9.91. The largest absolute Gasteiger partial charge is 0.380 e. The lowest BCUT2D eigenvalue weighted by atomic mass is 10.1. The van der Waals surface area contributed by atoms with Gasteiger partial charge in [-0.3, -0.25) is 4.90 Å². The molecule has 0 aliphatic carbocycles. The van der Waals surface area contributed by atoms with Crippen LogP contribution in [0.1, 0.15) is 19.0 Å². The first-order valence-corrected chi connectivity index (χ1v) is 13.7. The number of nitriles is 1. The minimum Gasteiger partial charge on any atom is -0.380 e. The molecular weight excluding hydrogens is 499 g/mol. The lowest BCUT2D eigenvalue weighted by Crippen LogP contribution is -2.54. The van der Waals surface area contributed by atoms with Crippen molar-refractivity contribution in [3.8, 4) is 6.07 Å². The van der Waals surface area contributed by atoms with E-state index in [0.29, 0.717) is 30.4 Å². The molecular formula is C28H35FN8O2. The molecule has 3 saturated heterocycles. The Morgan fingerprint density at radius 3 is 2.59 bits per heavy atom. The van der Waals surface area contributed by atoms with Crippen molar-refractivity contribution in [3.63, 3.8) is 0 Å². The Balaban J connectivity index is 1.06. The van der Waals surface area contributed by atoms with Gasteiger partial charge in [-0.2, -0.15) is 10.4 Å². The molecule has 6 heterocycles. The fraction of sp³-hybridized carbons (Fsp3) is 0.536. The smallest absolute Gasteiger partial charge is 0.171 e. The summed E-state index contributed by atoms with van der Waals surface area (Å²) < 4.78 is 27.9. The maximum atomic E-state index is 14.7. The molecule has 11 heteroatoms. The highest BCUT2D eigenvalue weighted by molar-refractivity contribution is 5.74. The minimum atomic E-state index is -0.420. The van der Waals surface area contributed by atoms with E-state index < -0.39 is 5.82 Å². The van der Waals surface area contributed by atoms with Gasteiger partial charge in [-0.15, -0.1) is 0 Å². The topological polar surface area (TPSA) is 85.4 Å². The van der Waals surface area contributed by atoms with Crippen molar-refractivity contribution in [1.29, 1.82) is 5.26 Å². The molecule has 3 aromatic rings. The van der Waals surface area contributed by atoms with E-state index in [0.717, 1.165) is 69.4 Å². The number of piperazine rings is 1. The first kappa shape index (κ1) is 25.8. The summed E-state index contributed by atoms with van der Waals surface area (Å²) in [5.74, 6) is 0.594. The Hall–Kier alpha value is -3.46. The van der Waals surface area contributed by atoms with Crippen molar-refractivity contribution in [2.45, 2.75) is 31.7 Å². The maximum absolute atomic E-state index is 14.7. The number of rotatable bonds is 6. The number of fused-ring (bicyclic) bond motifs is 1. The highest BCUT2D eigenvalue weighted by atomic mass is 19.1. The van der Waals surface area contributed by atoms with Gasteiger partial charge in [0.15, 0.2) is 5.82 Å². The van der Waals surface area contributed by atoms with Crippen LogP contribution >= 0.6 is 0 Å². The molecule has 0 spiro atoms. The molecule has 0 bridgehead atoms. The molecule has 10 nitrogen and oxygen atoms in total. The van der Waals surface area contributed by atoms with Crippen LogP contribution in [0.5, 0.6) is 0 Å². The number of morpholine rings is 1. The van der Waals surface area contributed by atoms with Gasteiger partial charge in [-0.1, -0.05) is 0 Å². The van der Waals surface area contributed by atoms with Crippen LogP contribution in [-0.4, -0.2) is 104 Å². The average molecular weight is 535 g/mol. The number of pyridine rings is 2. The van der Waals surface area contributed by atoms with Crippen LogP contribution in [0.4, 0.5) is 21.6 Å². The van der Waals surface area contributed by atoms with E-state index in [4.69, 9.17) is 14.5 Å². The zero-order valence-corrected chi connectivity index (χ0v) is 22.5. The molecule has 0 aromatic carbocycles. The average Bonchev–Trinajstić information content (AvgIpc) is 3.60. The van der Waals surface area contributed by atoms with Crippen LogP contribution in [0.3, 0.4) is 0 Å². The summed E-state index contributed by atoms with van der Waals surface area (Å²) in [6.07, 6.45) is 4.50. The van der Waals surface area contributed by atoms with Crippen molar-refractivity contribution in [2.75, 3.05) is 80.7 Å². The fourth-order valence-electron chi connectivity index (χ4n) is 6.09. The van der Waals surface area contributed by atoms with Gasteiger partial charge in [-0.25, -0.2) is 13.9 Å². The van der Waals surface area contributed by atoms with Crippen LogP contribution in [-0.2, 0) is 9.47 Å². The van der Waals surface area contributed by atoms with Crippen LogP contribution < -0.4 is 14.7 Å². The third-order valence-corrected chi connectivity index (χ3v) is 8.11. The van der Waals surface area contributed by atoms with Crippen molar-refractivity contribution >= 4 is 22.7 Å². The van der Waals surface area contributed by atoms with Crippen molar-refractivity contribution < 1.29 is 13.9 Å². The maximum Gasteiger partial charge on any atom is 0.171 e. The summed E-state index contributed by atoms with van der Waals surface area (Å²) in [5.41, 5.74) is 2.56. The zero-order valence-electron chi connectivity index (χ0n) is 22.5. The first-order chi connectivity index (χ1) is 19.0. The first-order valence-electron chi connectivity index (χ1n) is 13.7. The number of ether oxygens (including phenoxy) is 2. The predicted molar refractivity (Wildman–Crippen MR) is 147 cm³/mol. The van der Waals surface area contributed by atoms with Crippen LogP contribution in [0.25, 0.3) is 5.52 Å². The number of aromatic nitrogens is 3. The summed E-state index contributed by atoms with van der Waals surface area (Å²) in [4.78, 5) is 14.0. The van der Waals surface area contributed by atoms with Gasteiger partial charge in [0.05, 0.1) is 42.1 Å². The van der Waals surface area contributed by atoms with Crippen molar-refractivity contribution in [1.82, 2.24) is 19.5 Å².